The molecule has 7 nitrogen and oxygen atoms in total. The van der Waals surface area contributed by atoms with Gasteiger partial charge in [-0.05, 0) is 30.0 Å². The van der Waals surface area contributed by atoms with Crippen LogP contribution in [0, 0.1) is 5.92 Å². The lowest BCUT2D eigenvalue weighted by Gasteiger charge is -2.34. The van der Waals surface area contributed by atoms with Crippen LogP contribution in [0.5, 0.6) is 0 Å². The van der Waals surface area contributed by atoms with Crippen molar-refractivity contribution >= 4 is 35.9 Å². The fraction of sp³-hybridized carbons (Fsp3) is 0.619. The summed E-state index contributed by atoms with van der Waals surface area (Å²) in [6.45, 7) is 9.85. The molecule has 0 saturated carbocycles. The van der Waals surface area contributed by atoms with Crippen LogP contribution in [0.3, 0.4) is 0 Å². The zero-order valence-electron chi connectivity index (χ0n) is 17.9. The normalized spacial score (nSPS) is 17.6. The molecule has 1 aliphatic rings. The third-order valence-electron chi connectivity index (χ3n) is 4.65. The zero-order valence-corrected chi connectivity index (χ0v) is 20.3. The number of carbonyl (C=O) groups excluding carboxylic acids is 1. The molecule has 0 radical (unpaired) electrons. The first-order chi connectivity index (χ1) is 13.5. The first-order valence-corrected chi connectivity index (χ1v) is 9.97. The lowest BCUT2D eigenvalue weighted by Crippen LogP contribution is -2.50. The van der Waals surface area contributed by atoms with Gasteiger partial charge in [0.25, 0.3) is 0 Å². The summed E-state index contributed by atoms with van der Waals surface area (Å²) in [5.74, 6) is 1.13. The average molecular weight is 518 g/mol. The molecule has 2 rings (SSSR count). The first-order valence-electron chi connectivity index (χ1n) is 9.97. The standard InChI is InChI=1S/C21H34N4O3.HI/c1-16(2)14-25-11-12-28-19(15-25)13-24-21(22-3)23-10-9-17-5-7-18(8-6-17)20(26)27-4;/h5-8,16,19H,9-15H2,1-4H3,(H2,22,23,24);1H. The van der Waals surface area contributed by atoms with Gasteiger partial charge in [-0.1, -0.05) is 26.0 Å². The minimum Gasteiger partial charge on any atom is -0.465 e. The van der Waals surface area contributed by atoms with Gasteiger partial charge in [0, 0.05) is 39.8 Å². The van der Waals surface area contributed by atoms with Crippen molar-refractivity contribution in [3.05, 3.63) is 35.4 Å². The quantitative estimate of drug-likeness (QED) is 0.238. The average Bonchev–Trinajstić information content (AvgIpc) is 2.70. The summed E-state index contributed by atoms with van der Waals surface area (Å²) in [6, 6.07) is 7.47. The predicted octanol–water partition coefficient (Wildman–Crippen LogP) is 2.16. The van der Waals surface area contributed by atoms with Gasteiger partial charge in [0.2, 0.25) is 0 Å². The number of ether oxygens (including phenoxy) is 2. The number of halogens is 1. The van der Waals surface area contributed by atoms with E-state index < -0.39 is 0 Å². The lowest BCUT2D eigenvalue weighted by molar-refractivity contribution is -0.0284. The highest BCUT2D eigenvalue weighted by Gasteiger charge is 2.21. The Morgan fingerprint density at radius 3 is 2.66 bits per heavy atom. The molecule has 1 aromatic carbocycles. The summed E-state index contributed by atoms with van der Waals surface area (Å²) in [5.41, 5.74) is 1.71. The minimum absolute atomic E-state index is 0. The van der Waals surface area contributed by atoms with Crippen LogP contribution in [0.2, 0.25) is 0 Å². The number of benzene rings is 1. The van der Waals surface area contributed by atoms with Crippen LogP contribution >= 0.6 is 24.0 Å². The number of hydrogen-bond donors (Lipinski definition) is 2. The van der Waals surface area contributed by atoms with E-state index in [0.29, 0.717) is 11.5 Å². The van der Waals surface area contributed by atoms with E-state index in [4.69, 9.17) is 9.47 Å². The second-order valence-electron chi connectivity index (χ2n) is 7.46. The SMILES string of the molecule is CN=C(NCCc1ccc(C(=O)OC)cc1)NCC1CN(CC(C)C)CCO1.I. The molecule has 1 saturated heterocycles. The molecule has 0 amide bonds. The number of guanidine groups is 1. The summed E-state index contributed by atoms with van der Waals surface area (Å²) >= 11 is 0. The number of nitrogens with one attached hydrogen (secondary N) is 2. The smallest absolute Gasteiger partial charge is 0.337 e. The Morgan fingerprint density at radius 2 is 2.03 bits per heavy atom. The van der Waals surface area contributed by atoms with E-state index in [-0.39, 0.29) is 36.0 Å². The molecule has 1 aliphatic heterocycles. The van der Waals surface area contributed by atoms with Crippen molar-refractivity contribution in [2.45, 2.75) is 26.4 Å². The number of nitrogens with zero attached hydrogens (tertiary/aromatic N) is 2. The molecule has 0 aliphatic carbocycles. The molecule has 8 heteroatoms. The van der Waals surface area contributed by atoms with Crippen LogP contribution < -0.4 is 10.6 Å². The van der Waals surface area contributed by atoms with E-state index in [1.807, 2.05) is 12.1 Å². The predicted molar refractivity (Wildman–Crippen MR) is 127 cm³/mol. The Balaban J connectivity index is 0.00000420. The van der Waals surface area contributed by atoms with Crippen LogP contribution in [0.1, 0.15) is 29.8 Å². The summed E-state index contributed by atoms with van der Waals surface area (Å²) < 4.78 is 10.6. The summed E-state index contributed by atoms with van der Waals surface area (Å²) in [6.07, 6.45) is 1.02. The summed E-state index contributed by atoms with van der Waals surface area (Å²) in [4.78, 5) is 18.2. The molecule has 29 heavy (non-hydrogen) atoms. The van der Waals surface area contributed by atoms with Gasteiger partial charge in [0.15, 0.2) is 5.96 Å². The molecule has 1 unspecified atom stereocenters. The van der Waals surface area contributed by atoms with Crippen molar-refractivity contribution in [3.63, 3.8) is 0 Å². The fourth-order valence-electron chi connectivity index (χ4n) is 3.27. The molecular weight excluding hydrogens is 483 g/mol. The highest BCUT2D eigenvalue weighted by Crippen LogP contribution is 2.08. The van der Waals surface area contributed by atoms with E-state index >= 15 is 0 Å². The number of rotatable bonds is 8. The van der Waals surface area contributed by atoms with Gasteiger partial charge < -0.3 is 20.1 Å². The molecule has 1 heterocycles. The Bertz CT molecular complexity index is 637. The van der Waals surface area contributed by atoms with Crippen LogP contribution in [0.4, 0.5) is 0 Å². The largest absolute Gasteiger partial charge is 0.465 e. The number of hydrogen-bond acceptors (Lipinski definition) is 5. The van der Waals surface area contributed by atoms with Crippen LogP contribution in [0.25, 0.3) is 0 Å². The molecule has 1 fully saturated rings. The van der Waals surface area contributed by atoms with Crippen LogP contribution in [-0.4, -0.2) is 76.4 Å². The molecule has 0 aromatic heterocycles. The Morgan fingerprint density at radius 1 is 1.31 bits per heavy atom. The van der Waals surface area contributed by atoms with Crippen molar-refractivity contribution in [2.75, 3.05) is 53.5 Å². The van der Waals surface area contributed by atoms with E-state index in [1.54, 1.807) is 19.2 Å². The van der Waals surface area contributed by atoms with Gasteiger partial charge in [0.05, 0.1) is 25.4 Å². The Labute approximate surface area is 191 Å². The van der Waals surface area contributed by atoms with Crippen molar-refractivity contribution in [1.29, 1.82) is 0 Å². The molecular formula is C21H35IN4O3. The molecule has 164 valence electrons. The number of aliphatic imine (C=N–C) groups is 1. The molecule has 1 atom stereocenters. The van der Waals surface area contributed by atoms with E-state index in [0.717, 1.165) is 57.3 Å². The van der Waals surface area contributed by atoms with Crippen molar-refractivity contribution < 1.29 is 14.3 Å². The highest BCUT2D eigenvalue weighted by atomic mass is 127. The lowest BCUT2D eigenvalue weighted by atomic mass is 10.1. The Kier molecular flexibility index (Phi) is 12.2. The molecule has 0 bridgehead atoms. The van der Waals surface area contributed by atoms with Gasteiger partial charge >= 0.3 is 5.97 Å². The second-order valence-corrected chi connectivity index (χ2v) is 7.46. The summed E-state index contributed by atoms with van der Waals surface area (Å²) in [5, 5.41) is 6.68. The third kappa shape index (κ3) is 9.31. The molecule has 2 N–H and O–H groups in total. The third-order valence-corrected chi connectivity index (χ3v) is 4.65. The number of methoxy groups -OCH3 is 1. The maximum atomic E-state index is 11.5. The van der Waals surface area contributed by atoms with Crippen molar-refractivity contribution in [3.8, 4) is 0 Å². The topological polar surface area (TPSA) is 75.2 Å². The van der Waals surface area contributed by atoms with E-state index in [9.17, 15) is 4.79 Å². The van der Waals surface area contributed by atoms with Gasteiger partial charge in [0.1, 0.15) is 0 Å². The molecule has 0 spiro atoms. The van der Waals surface area contributed by atoms with Gasteiger partial charge in [-0.2, -0.15) is 0 Å². The van der Waals surface area contributed by atoms with Crippen molar-refractivity contribution in [2.24, 2.45) is 10.9 Å². The van der Waals surface area contributed by atoms with Crippen molar-refractivity contribution in [1.82, 2.24) is 15.5 Å². The van der Waals surface area contributed by atoms with Gasteiger partial charge in [-0.15, -0.1) is 24.0 Å². The van der Waals surface area contributed by atoms with E-state index in [2.05, 4.69) is 34.4 Å². The van der Waals surface area contributed by atoms with Crippen LogP contribution in [0.15, 0.2) is 29.3 Å². The monoisotopic (exact) mass is 518 g/mol. The van der Waals surface area contributed by atoms with Crippen LogP contribution in [-0.2, 0) is 15.9 Å². The second kappa shape index (κ2) is 13.8. The maximum Gasteiger partial charge on any atom is 0.337 e. The maximum absolute atomic E-state index is 11.5. The Hall–Kier alpha value is -1.39. The highest BCUT2D eigenvalue weighted by molar-refractivity contribution is 14.0. The zero-order chi connectivity index (χ0) is 20.4. The number of morpholine rings is 1. The summed E-state index contributed by atoms with van der Waals surface area (Å²) in [7, 11) is 3.16. The number of esters is 1. The molecule has 1 aromatic rings. The van der Waals surface area contributed by atoms with Gasteiger partial charge in [-0.25, -0.2) is 4.79 Å². The van der Waals surface area contributed by atoms with Gasteiger partial charge in [-0.3, -0.25) is 9.89 Å². The fourth-order valence-corrected chi connectivity index (χ4v) is 3.27. The van der Waals surface area contributed by atoms with E-state index in [1.165, 1.54) is 7.11 Å². The first kappa shape index (κ1) is 25.6. The number of carbonyl (C=O) groups is 1. The minimum atomic E-state index is -0.314.